The van der Waals surface area contributed by atoms with E-state index in [0.717, 1.165) is 48.2 Å². The highest BCUT2D eigenvalue weighted by molar-refractivity contribution is 5.77. The summed E-state index contributed by atoms with van der Waals surface area (Å²) in [5.74, 6) is 3.51. The van der Waals surface area contributed by atoms with Gasteiger partial charge in [-0.25, -0.2) is 15.0 Å². The molecule has 0 bridgehead atoms. The third-order valence-electron chi connectivity index (χ3n) is 4.54. The van der Waals surface area contributed by atoms with Crippen molar-refractivity contribution in [3.8, 4) is 5.82 Å². The van der Waals surface area contributed by atoms with E-state index in [1.165, 1.54) is 0 Å². The zero-order valence-corrected chi connectivity index (χ0v) is 14.2. The van der Waals surface area contributed by atoms with Crippen molar-refractivity contribution in [2.75, 3.05) is 6.61 Å². The minimum Gasteiger partial charge on any atom is -0.466 e. The van der Waals surface area contributed by atoms with Crippen molar-refractivity contribution in [1.29, 1.82) is 0 Å². The third-order valence-corrected chi connectivity index (χ3v) is 4.54. The molecule has 2 saturated carbocycles. The SMILES string of the molecule is CCOC(=O)C1CC1c1cc(-n2nc(C)nc2C)nc(C2CC2)n1. The van der Waals surface area contributed by atoms with Crippen LogP contribution in [0, 0.1) is 19.8 Å². The number of rotatable bonds is 5. The Morgan fingerprint density at radius 3 is 2.71 bits per heavy atom. The Labute approximate surface area is 140 Å². The summed E-state index contributed by atoms with van der Waals surface area (Å²) in [6.45, 7) is 6.03. The summed E-state index contributed by atoms with van der Waals surface area (Å²) in [7, 11) is 0. The van der Waals surface area contributed by atoms with Crippen molar-refractivity contribution in [1.82, 2.24) is 24.7 Å². The Balaban J connectivity index is 1.68. The molecule has 7 heteroatoms. The topological polar surface area (TPSA) is 82.8 Å². The second kappa shape index (κ2) is 5.65. The van der Waals surface area contributed by atoms with E-state index in [-0.39, 0.29) is 17.8 Å². The van der Waals surface area contributed by atoms with Gasteiger partial charge >= 0.3 is 5.97 Å². The van der Waals surface area contributed by atoms with E-state index in [2.05, 4.69) is 15.1 Å². The quantitative estimate of drug-likeness (QED) is 0.783. The molecule has 0 spiro atoms. The first kappa shape index (κ1) is 15.2. The van der Waals surface area contributed by atoms with Gasteiger partial charge < -0.3 is 4.74 Å². The van der Waals surface area contributed by atoms with Crippen LogP contribution in [0.5, 0.6) is 0 Å². The predicted molar refractivity (Wildman–Crippen MR) is 85.9 cm³/mol. The van der Waals surface area contributed by atoms with Crippen LogP contribution in [0.15, 0.2) is 6.07 Å². The molecule has 0 saturated heterocycles. The molecule has 2 aliphatic rings. The molecule has 2 aliphatic carbocycles. The van der Waals surface area contributed by atoms with Gasteiger partial charge in [-0.1, -0.05) is 0 Å². The van der Waals surface area contributed by atoms with Crippen molar-refractivity contribution in [2.45, 2.75) is 51.9 Å². The van der Waals surface area contributed by atoms with Crippen molar-refractivity contribution in [3.05, 3.63) is 29.2 Å². The first-order valence-electron chi connectivity index (χ1n) is 8.53. The minimum absolute atomic E-state index is 0.0710. The van der Waals surface area contributed by atoms with Crippen LogP contribution in [0.4, 0.5) is 0 Å². The lowest BCUT2D eigenvalue weighted by Gasteiger charge is -2.08. The molecule has 0 radical (unpaired) electrons. The molecule has 126 valence electrons. The van der Waals surface area contributed by atoms with E-state index in [0.29, 0.717) is 12.5 Å². The largest absolute Gasteiger partial charge is 0.466 e. The number of carbonyl (C=O) groups is 1. The summed E-state index contributed by atoms with van der Waals surface area (Å²) in [6, 6.07) is 1.94. The summed E-state index contributed by atoms with van der Waals surface area (Å²) < 4.78 is 6.89. The zero-order chi connectivity index (χ0) is 16.8. The van der Waals surface area contributed by atoms with E-state index in [4.69, 9.17) is 9.72 Å². The number of nitrogens with zero attached hydrogens (tertiary/aromatic N) is 5. The molecular weight excluding hydrogens is 306 g/mol. The fraction of sp³-hybridized carbons (Fsp3) is 0.588. The van der Waals surface area contributed by atoms with Crippen molar-refractivity contribution >= 4 is 5.97 Å². The number of hydrogen-bond acceptors (Lipinski definition) is 6. The lowest BCUT2D eigenvalue weighted by molar-refractivity contribution is -0.144. The summed E-state index contributed by atoms with van der Waals surface area (Å²) in [4.78, 5) is 25.7. The molecule has 0 aromatic carbocycles. The zero-order valence-electron chi connectivity index (χ0n) is 14.2. The highest BCUT2D eigenvalue weighted by Gasteiger charge is 2.47. The Morgan fingerprint density at radius 2 is 2.08 bits per heavy atom. The molecule has 7 nitrogen and oxygen atoms in total. The number of carbonyl (C=O) groups excluding carboxylic acids is 1. The molecule has 2 unspecified atom stereocenters. The second-order valence-electron chi connectivity index (χ2n) is 6.60. The molecule has 2 aromatic rings. The first-order chi connectivity index (χ1) is 11.6. The summed E-state index contributed by atoms with van der Waals surface area (Å²) in [6.07, 6.45) is 3.06. The van der Waals surface area contributed by atoms with Crippen molar-refractivity contribution in [2.24, 2.45) is 5.92 Å². The van der Waals surface area contributed by atoms with E-state index in [9.17, 15) is 4.79 Å². The van der Waals surface area contributed by atoms with Crippen LogP contribution in [-0.2, 0) is 9.53 Å². The number of aromatic nitrogens is 5. The van der Waals surface area contributed by atoms with E-state index in [1.807, 2.05) is 26.8 Å². The Kier molecular flexibility index (Phi) is 3.58. The van der Waals surface area contributed by atoms with E-state index in [1.54, 1.807) is 4.68 Å². The molecule has 2 heterocycles. The van der Waals surface area contributed by atoms with Gasteiger partial charge in [-0.15, -0.1) is 5.10 Å². The van der Waals surface area contributed by atoms with Gasteiger partial charge in [-0.05, 0) is 40.0 Å². The smallest absolute Gasteiger partial charge is 0.309 e. The predicted octanol–water partition coefficient (Wildman–Crippen LogP) is 2.22. The molecule has 4 rings (SSSR count). The van der Waals surface area contributed by atoms with Gasteiger partial charge in [0.25, 0.3) is 0 Å². The van der Waals surface area contributed by atoms with Crippen LogP contribution in [0.2, 0.25) is 0 Å². The van der Waals surface area contributed by atoms with Crippen molar-refractivity contribution in [3.63, 3.8) is 0 Å². The highest BCUT2D eigenvalue weighted by Crippen LogP contribution is 2.48. The van der Waals surface area contributed by atoms with Crippen LogP contribution in [0.3, 0.4) is 0 Å². The van der Waals surface area contributed by atoms with Crippen LogP contribution in [0.25, 0.3) is 5.82 Å². The molecule has 24 heavy (non-hydrogen) atoms. The maximum atomic E-state index is 11.9. The van der Waals surface area contributed by atoms with Gasteiger partial charge in [-0.3, -0.25) is 4.79 Å². The van der Waals surface area contributed by atoms with Crippen molar-refractivity contribution < 1.29 is 9.53 Å². The molecular formula is C17H21N5O2. The van der Waals surface area contributed by atoms with Gasteiger partial charge in [0.15, 0.2) is 5.82 Å². The Bertz CT molecular complexity index is 796. The molecule has 2 atom stereocenters. The number of ether oxygens (including phenoxy) is 1. The summed E-state index contributed by atoms with van der Waals surface area (Å²) in [5.41, 5.74) is 0.924. The lowest BCUT2D eigenvalue weighted by Crippen LogP contribution is -2.10. The standard InChI is InChI=1S/C17H21N5O2/c1-4-24-17(23)13-7-12(13)14-8-15(20-16(19-14)11-5-6-11)22-10(3)18-9(2)21-22/h8,11-13H,4-7H2,1-3H3. The number of esters is 1. The number of hydrogen-bond donors (Lipinski definition) is 0. The highest BCUT2D eigenvalue weighted by atomic mass is 16.5. The first-order valence-corrected chi connectivity index (χ1v) is 8.53. The Morgan fingerprint density at radius 1 is 1.29 bits per heavy atom. The third kappa shape index (κ3) is 2.79. The maximum Gasteiger partial charge on any atom is 0.309 e. The molecule has 2 fully saturated rings. The van der Waals surface area contributed by atoms with Gasteiger partial charge in [0, 0.05) is 17.9 Å². The van der Waals surface area contributed by atoms with E-state index >= 15 is 0 Å². The minimum atomic E-state index is -0.122. The van der Waals surface area contributed by atoms with Gasteiger partial charge in [0.2, 0.25) is 0 Å². The van der Waals surface area contributed by atoms with Gasteiger partial charge in [-0.2, -0.15) is 4.68 Å². The van der Waals surface area contributed by atoms with Gasteiger partial charge in [0.05, 0.1) is 18.2 Å². The molecule has 0 aliphatic heterocycles. The Hall–Kier alpha value is -2.31. The van der Waals surface area contributed by atoms with Crippen LogP contribution >= 0.6 is 0 Å². The molecule has 2 aromatic heterocycles. The summed E-state index contributed by atoms with van der Waals surface area (Å²) >= 11 is 0. The second-order valence-corrected chi connectivity index (χ2v) is 6.60. The average Bonchev–Trinajstić information content (AvgIpc) is 3.45. The molecule has 0 amide bonds. The fourth-order valence-corrected chi connectivity index (χ4v) is 3.06. The maximum absolute atomic E-state index is 11.9. The molecule has 0 N–H and O–H groups in total. The summed E-state index contributed by atoms with van der Waals surface area (Å²) in [5, 5.41) is 4.43. The van der Waals surface area contributed by atoms with Crippen LogP contribution < -0.4 is 0 Å². The van der Waals surface area contributed by atoms with Gasteiger partial charge in [0.1, 0.15) is 17.5 Å². The fourth-order valence-electron chi connectivity index (χ4n) is 3.06. The van der Waals surface area contributed by atoms with Crippen LogP contribution in [-0.4, -0.2) is 37.3 Å². The lowest BCUT2D eigenvalue weighted by atomic mass is 10.2. The van der Waals surface area contributed by atoms with E-state index < -0.39 is 0 Å². The average molecular weight is 327 g/mol. The van der Waals surface area contributed by atoms with Crippen LogP contribution in [0.1, 0.15) is 61.2 Å². The number of aryl methyl sites for hydroxylation is 2. The monoisotopic (exact) mass is 327 g/mol. The normalized spacial score (nSPS) is 22.5.